The highest BCUT2D eigenvalue weighted by Crippen LogP contribution is 2.46. The van der Waals surface area contributed by atoms with E-state index in [1.165, 1.54) is 23.5 Å². The second kappa shape index (κ2) is 8.30. The van der Waals surface area contributed by atoms with Crippen molar-refractivity contribution in [2.24, 2.45) is 0 Å². The largest absolute Gasteiger partial charge is 0.462 e. The third-order valence-electron chi connectivity index (χ3n) is 3.98. The summed E-state index contributed by atoms with van der Waals surface area (Å²) in [6, 6.07) is 4.81. The fraction of sp³-hybridized carbons (Fsp3) is 0.316. The van der Waals surface area contributed by atoms with Gasteiger partial charge in [0.1, 0.15) is 10.8 Å². The highest BCUT2D eigenvalue weighted by atomic mass is 32.1. The number of thiophene rings is 1. The van der Waals surface area contributed by atoms with Gasteiger partial charge < -0.3 is 14.8 Å². The normalized spacial score (nSPS) is 13.1. The van der Waals surface area contributed by atoms with Crippen molar-refractivity contribution in [1.29, 1.82) is 0 Å². The quantitative estimate of drug-likeness (QED) is 0.727. The van der Waals surface area contributed by atoms with E-state index in [1.54, 1.807) is 6.92 Å². The summed E-state index contributed by atoms with van der Waals surface area (Å²) in [5.74, 6) is -1.93. The zero-order valence-electron chi connectivity index (χ0n) is 14.6. The molecule has 27 heavy (non-hydrogen) atoms. The zero-order chi connectivity index (χ0) is 19.4. The molecule has 1 amide bonds. The lowest BCUT2D eigenvalue weighted by molar-refractivity contribution is -0.119. The van der Waals surface area contributed by atoms with E-state index in [-0.39, 0.29) is 12.2 Å². The number of hydrogen-bond acceptors (Lipinski definition) is 6. The van der Waals surface area contributed by atoms with Gasteiger partial charge in [0.2, 0.25) is 0 Å². The minimum atomic E-state index is -0.736. The van der Waals surface area contributed by atoms with Crippen LogP contribution in [0.2, 0.25) is 0 Å². The van der Waals surface area contributed by atoms with Crippen molar-refractivity contribution in [3.8, 4) is 0 Å². The van der Waals surface area contributed by atoms with Gasteiger partial charge in [0.25, 0.3) is 5.91 Å². The Bertz CT molecular complexity index is 857. The highest BCUT2D eigenvalue weighted by molar-refractivity contribution is 7.15. The summed E-state index contributed by atoms with van der Waals surface area (Å²) in [6.07, 6.45) is 2.01. The molecule has 1 aliphatic carbocycles. The molecular formula is C19H18FNO5S. The molecule has 0 aliphatic heterocycles. The first-order valence-electron chi connectivity index (χ1n) is 8.50. The van der Waals surface area contributed by atoms with Crippen LogP contribution >= 0.6 is 11.3 Å². The molecule has 1 heterocycles. The van der Waals surface area contributed by atoms with Gasteiger partial charge >= 0.3 is 11.9 Å². The van der Waals surface area contributed by atoms with E-state index in [1.807, 2.05) is 5.38 Å². The van der Waals surface area contributed by atoms with Crippen LogP contribution in [0, 0.1) is 5.82 Å². The Hall–Kier alpha value is -2.74. The van der Waals surface area contributed by atoms with Crippen LogP contribution in [0.15, 0.2) is 29.6 Å². The lowest BCUT2D eigenvalue weighted by Crippen LogP contribution is -2.22. The van der Waals surface area contributed by atoms with Crippen molar-refractivity contribution < 1.29 is 28.2 Å². The van der Waals surface area contributed by atoms with Crippen molar-refractivity contribution in [3.05, 3.63) is 52.2 Å². The van der Waals surface area contributed by atoms with Crippen LogP contribution in [-0.4, -0.2) is 31.1 Å². The van der Waals surface area contributed by atoms with Gasteiger partial charge in [0, 0.05) is 0 Å². The second-order valence-electron chi connectivity index (χ2n) is 6.02. The Kier molecular flexibility index (Phi) is 5.85. The number of anilines is 1. The third kappa shape index (κ3) is 4.71. The lowest BCUT2D eigenvalue weighted by Gasteiger charge is -2.09. The molecular weight excluding hydrogens is 373 g/mol. The summed E-state index contributed by atoms with van der Waals surface area (Å²) in [7, 11) is 0. The molecule has 1 aliphatic rings. The number of hydrogen-bond donors (Lipinski definition) is 1. The Balaban J connectivity index is 1.63. The van der Waals surface area contributed by atoms with E-state index in [2.05, 4.69) is 5.32 Å². The summed E-state index contributed by atoms with van der Waals surface area (Å²) < 4.78 is 22.9. The summed E-state index contributed by atoms with van der Waals surface area (Å²) in [4.78, 5) is 36.3. The topological polar surface area (TPSA) is 81.7 Å². The van der Waals surface area contributed by atoms with Crippen molar-refractivity contribution >= 4 is 34.2 Å². The van der Waals surface area contributed by atoms with E-state index in [0.29, 0.717) is 16.5 Å². The molecule has 0 saturated heterocycles. The zero-order valence-corrected chi connectivity index (χ0v) is 15.4. The summed E-state index contributed by atoms with van der Waals surface area (Å²) >= 11 is 1.24. The Morgan fingerprint density at radius 1 is 1.15 bits per heavy atom. The standard InChI is InChI=1S/C19H18FNO5S/c1-2-25-19(24)16-14(11-3-4-11)10-27-17(16)21-15(22)9-26-18(23)12-5-7-13(20)8-6-12/h5-8,10-11H,2-4,9H2,1H3,(H,21,22). The van der Waals surface area contributed by atoms with Gasteiger partial charge in [-0.2, -0.15) is 0 Å². The predicted molar refractivity (Wildman–Crippen MR) is 97.6 cm³/mol. The van der Waals surface area contributed by atoms with E-state index in [4.69, 9.17) is 9.47 Å². The first-order chi connectivity index (χ1) is 13.0. The van der Waals surface area contributed by atoms with Gasteiger partial charge in [-0.1, -0.05) is 0 Å². The van der Waals surface area contributed by atoms with Gasteiger partial charge in [-0.05, 0) is 60.9 Å². The van der Waals surface area contributed by atoms with Gasteiger partial charge in [-0.15, -0.1) is 11.3 Å². The van der Waals surface area contributed by atoms with Crippen molar-refractivity contribution in [2.75, 3.05) is 18.5 Å². The lowest BCUT2D eigenvalue weighted by atomic mass is 10.1. The van der Waals surface area contributed by atoms with Gasteiger partial charge in [-0.25, -0.2) is 14.0 Å². The predicted octanol–water partition coefficient (Wildman–Crippen LogP) is 3.74. The Morgan fingerprint density at radius 3 is 2.48 bits per heavy atom. The van der Waals surface area contributed by atoms with Gasteiger partial charge in [0.05, 0.1) is 17.7 Å². The SMILES string of the molecule is CCOC(=O)c1c(C2CC2)csc1NC(=O)COC(=O)c1ccc(F)cc1. The number of carbonyl (C=O) groups is 3. The van der Waals surface area contributed by atoms with Crippen LogP contribution in [0.3, 0.4) is 0 Å². The number of esters is 2. The first-order valence-corrected chi connectivity index (χ1v) is 9.38. The molecule has 0 unspecified atom stereocenters. The molecule has 1 aromatic carbocycles. The third-order valence-corrected chi connectivity index (χ3v) is 4.90. The number of ether oxygens (including phenoxy) is 2. The van der Waals surface area contributed by atoms with Gasteiger partial charge in [0.15, 0.2) is 6.61 Å². The average Bonchev–Trinajstić information content (AvgIpc) is 3.41. The average molecular weight is 391 g/mol. The fourth-order valence-corrected chi connectivity index (χ4v) is 3.58. The summed E-state index contributed by atoms with van der Waals surface area (Å²) in [5.41, 5.74) is 1.41. The van der Waals surface area contributed by atoms with Crippen LogP contribution in [-0.2, 0) is 14.3 Å². The van der Waals surface area contributed by atoms with Crippen molar-refractivity contribution in [3.63, 3.8) is 0 Å². The number of halogens is 1. The molecule has 0 bridgehead atoms. The van der Waals surface area contributed by atoms with Crippen LogP contribution in [0.1, 0.15) is 52.0 Å². The maximum atomic E-state index is 12.9. The number of carbonyl (C=O) groups excluding carboxylic acids is 3. The summed E-state index contributed by atoms with van der Waals surface area (Å²) in [5, 5.41) is 4.85. The fourth-order valence-electron chi connectivity index (χ4n) is 2.53. The van der Waals surface area contributed by atoms with Crippen molar-refractivity contribution in [2.45, 2.75) is 25.7 Å². The molecule has 2 aromatic rings. The number of benzene rings is 1. The molecule has 0 spiro atoms. The number of amides is 1. The minimum Gasteiger partial charge on any atom is -0.462 e. The van der Waals surface area contributed by atoms with Gasteiger partial charge in [-0.3, -0.25) is 4.79 Å². The van der Waals surface area contributed by atoms with Crippen LogP contribution < -0.4 is 5.32 Å². The maximum Gasteiger partial charge on any atom is 0.341 e. The van der Waals surface area contributed by atoms with E-state index in [0.717, 1.165) is 30.5 Å². The Morgan fingerprint density at radius 2 is 1.85 bits per heavy atom. The van der Waals surface area contributed by atoms with E-state index >= 15 is 0 Å². The van der Waals surface area contributed by atoms with Crippen LogP contribution in [0.25, 0.3) is 0 Å². The molecule has 6 nitrogen and oxygen atoms in total. The van der Waals surface area contributed by atoms with Crippen LogP contribution in [0.4, 0.5) is 9.39 Å². The molecule has 3 rings (SSSR count). The smallest absolute Gasteiger partial charge is 0.341 e. The van der Waals surface area contributed by atoms with E-state index < -0.39 is 30.3 Å². The molecule has 142 valence electrons. The highest BCUT2D eigenvalue weighted by Gasteiger charge is 2.32. The van der Waals surface area contributed by atoms with Crippen LogP contribution in [0.5, 0.6) is 0 Å². The molecule has 1 fully saturated rings. The number of nitrogens with one attached hydrogen (secondary N) is 1. The monoisotopic (exact) mass is 391 g/mol. The second-order valence-corrected chi connectivity index (χ2v) is 6.90. The van der Waals surface area contributed by atoms with Crippen molar-refractivity contribution in [1.82, 2.24) is 0 Å². The maximum absolute atomic E-state index is 12.9. The first kappa shape index (κ1) is 19.0. The molecule has 1 saturated carbocycles. The molecule has 0 radical (unpaired) electrons. The molecule has 1 aromatic heterocycles. The Labute approximate surface area is 159 Å². The molecule has 8 heteroatoms. The van der Waals surface area contributed by atoms with E-state index in [9.17, 15) is 18.8 Å². The minimum absolute atomic E-state index is 0.142. The molecule has 0 atom stereocenters. The summed E-state index contributed by atoms with van der Waals surface area (Å²) in [6.45, 7) is 1.44. The number of rotatable bonds is 7. The molecule has 1 N–H and O–H groups in total.